The average Bonchev–Trinajstić information content (AvgIpc) is 3.07. The lowest BCUT2D eigenvalue weighted by Crippen LogP contribution is -2.70. The lowest BCUT2D eigenvalue weighted by molar-refractivity contribution is -0.133. The molecular formula is C27H35N3O4S. The van der Waals surface area contributed by atoms with Crippen LogP contribution in [0.5, 0.6) is 0 Å². The van der Waals surface area contributed by atoms with Crippen LogP contribution in [0.25, 0.3) is 0 Å². The number of piperazine rings is 1. The summed E-state index contributed by atoms with van der Waals surface area (Å²) in [4.78, 5) is 29.1. The third-order valence-corrected chi connectivity index (χ3v) is 8.87. The molecule has 0 aromatic heterocycles. The fourth-order valence-corrected chi connectivity index (χ4v) is 6.83. The third kappa shape index (κ3) is 5.28. The number of sulfonamides is 1. The van der Waals surface area contributed by atoms with Gasteiger partial charge in [-0.1, -0.05) is 49.9 Å². The second-order valence-corrected chi connectivity index (χ2v) is 12.0. The molecule has 1 aliphatic heterocycles. The van der Waals surface area contributed by atoms with Gasteiger partial charge in [0.25, 0.3) is 0 Å². The number of carbonyl (C=O) groups is 2. The fourth-order valence-electron chi connectivity index (χ4n) is 5.32. The van der Waals surface area contributed by atoms with Gasteiger partial charge in [-0.25, -0.2) is 8.42 Å². The van der Waals surface area contributed by atoms with Crippen molar-refractivity contribution in [3.63, 3.8) is 0 Å². The third-order valence-electron chi connectivity index (χ3n) is 7.06. The summed E-state index contributed by atoms with van der Waals surface area (Å²) < 4.78 is 28.1. The Morgan fingerprint density at radius 1 is 0.971 bits per heavy atom. The summed E-state index contributed by atoms with van der Waals surface area (Å²) in [6.07, 6.45) is 6.20. The fraction of sp³-hybridized carbons (Fsp3) is 0.481. The smallest absolute Gasteiger partial charge is 0.247 e. The Morgan fingerprint density at radius 2 is 1.57 bits per heavy atom. The standard InChI is InChI=1S/C27H35N3O4S/c1-20-15-21(2)17-23(16-20)30-25(31)18-29(35(33,34)24-13-9-6-10-14-24)19-27(30,3)26(32)28-22-11-7-4-5-8-12-22/h6,9-10,13-17,22H,4-5,7-8,11-12,18-19H2,1-3H3,(H,28,32)/t27-/m1/s1. The zero-order valence-electron chi connectivity index (χ0n) is 20.8. The van der Waals surface area contributed by atoms with Crippen molar-refractivity contribution in [3.8, 4) is 0 Å². The Kier molecular flexibility index (Phi) is 7.33. The van der Waals surface area contributed by atoms with Crippen molar-refractivity contribution in [2.24, 2.45) is 0 Å². The molecule has 7 nitrogen and oxygen atoms in total. The molecule has 0 bridgehead atoms. The van der Waals surface area contributed by atoms with Crippen LogP contribution in [0.2, 0.25) is 0 Å². The van der Waals surface area contributed by atoms with Gasteiger partial charge < -0.3 is 5.32 Å². The van der Waals surface area contributed by atoms with Crippen LogP contribution in [0.4, 0.5) is 5.69 Å². The van der Waals surface area contributed by atoms with E-state index >= 15 is 0 Å². The molecule has 8 heteroatoms. The normalized spacial score (nSPS) is 22.6. The van der Waals surface area contributed by atoms with Crippen LogP contribution in [0, 0.1) is 13.8 Å². The van der Waals surface area contributed by atoms with Crippen LogP contribution in [-0.2, 0) is 19.6 Å². The SMILES string of the molecule is Cc1cc(C)cc(N2C(=O)CN(S(=O)(=O)c3ccccc3)C[C@]2(C)C(=O)NC2CCCCCC2)c1. The molecule has 1 heterocycles. The van der Waals surface area contributed by atoms with Gasteiger partial charge in [0, 0.05) is 18.3 Å². The summed E-state index contributed by atoms with van der Waals surface area (Å²) >= 11 is 0. The highest BCUT2D eigenvalue weighted by atomic mass is 32.2. The molecule has 2 aromatic carbocycles. The first-order valence-corrected chi connectivity index (χ1v) is 13.8. The van der Waals surface area contributed by atoms with Crippen LogP contribution >= 0.6 is 0 Å². The maximum atomic E-state index is 13.9. The molecule has 0 radical (unpaired) electrons. The molecular weight excluding hydrogens is 462 g/mol. The Bertz CT molecular complexity index is 1170. The van der Waals surface area contributed by atoms with Crippen molar-refractivity contribution in [2.45, 2.75) is 75.8 Å². The molecule has 2 aromatic rings. The largest absolute Gasteiger partial charge is 0.351 e. The van der Waals surface area contributed by atoms with Crippen molar-refractivity contribution >= 4 is 27.5 Å². The topological polar surface area (TPSA) is 86.8 Å². The van der Waals surface area contributed by atoms with Crippen molar-refractivity contribution in [3.05, 3.63) is 59.7 Å². The van der Waals surface area contributed by atoms with Gasteiger partial charge in [-0.2, -0.15) is 4.31 Å². The molecule has 0 unspecified atom stereocenters. The minimum absolute atomic E-state index is 0.0270. The number of aryl methyl sites for hydroxylation is 2. The number of nitrogens with one attached hydrogen (secondary N) is 1. The number of nitrogens with zero attached hydrogens (tertiary/aromatic N) is 2. The van der Waals surface area contributed by atoms with Gasteiger partial charge in [-0.15, -0.1) is 0 Å². The lowest BCUT2D eigenvalue weighted by Gasteiger charge is -2.47. The van der Waals surface area contributed by atoms with Gasteiger partial charge in [0.1, 0.15) is 5.54 Å². The van der Waals surface area contributed by atoms with Gasteiger partial charge >= 0.3 is 0 Å². The van der Waals surface area contributed by atoms with Crippen molar-refractivity contribution < 1.29 is 18.0 Å². The van der Waals surface area contributed by atoms with Crippen molar-refractivity contribution in [1.82, 2.24) is 9.62 Å². The summed E-state index contributed by atoms with van der Waals surface area (Å²) in [5.74, 6) is -0.732. The first kappa shape index (κ1) is 25.4. The van der Waals surface area contributed by atoms with E-state index in [0.29, 0.717) is 5.69 Å². The molecule has 188 valence electrons. The zero-order valence-corrected chi connectivity index (χ0v) is 21.6. The lowest BCUT2D eigenvalue weighted by atomic mass is 9.93. The molecule has 1 saturated heterocycles. The van der Waals surface area contributed by atoms with E-state index in [0.717, 1.165) is 54.0 Å². The van der Waals surface area contributed by atoms with Crippen LogP contribution < -0.4 is 10.2 Å². The molecule has 2 fully saturated rings. The Morgan fingerprint density at radius 3 is 2.17 bits per heavy atom. The van der Waals surface area contributed by atoms with E-state index in [1.165, 1.54) is 17.0 Å². The number of rotatable bonds is 5. The average molecular weight is 498 g/mol. The molecule has 4 rings (SSSR count). The summed E-state index contributed by atoms with van der Waals surface area (Å²) in [6.45, 7) is 5.12. The monoisotopic (exact) mass is 497 g/mol. The van der Waals surface area contributed by atoms with Gasteiger partial charge in [-0.05, 0) is 69.0 Å². The van der Waals surface area contributed by atoms with Crippen molar-refractivity contribution in [2.75, 3.05) is 18.0 Å². The first-order chi connectivity index (χ1) is 16.6. The van der Waals surface area contributed by atoms with Gasteiger partial charge in [-0.3, -0.25) is 14.5 Å². The molecule has 0 spiro atoms. The highest BCUT2D eigenvalue weighted by Gasteiger charge is 2.51. The minimum atomic E-state index is -3.95. The summed E-state index contributed by atoms with van der Waals surface area (Å²) in [7, 11) is -3.95. The highest BCUT2D eigenvalue weighted by Crippen LogP contribution is 2.33. The minimum Gasteiger partial charge on any atom is -0.351 e. The summed E-state index contributed by atoms with van der Waals surface area (Å²) in [5, 5.41) is 3.18. The predicted octanol–water partition coefficient (Wildman–Crippen LogP) is 3.94. The van der Waals surface area contributed by atoms with Crippen LogP contribution in [0.3, 0.4) is 0 Å². The van der Waals surface area contributed by atoms with Crippen LogP contribution in [0.15, 0.2) is 53.4 Å². The second kappa shape index (κ2) is 10.1. The highest BCUT2D eigenvalue weighted by molar-refractivity contribution is 7.89. The van der Waals surface area contributed by atoms with E-state index in [-0.39, 0.29) is 29.9 Å². The van der Waals surface area contributed by atoms with Gasteiger partial charge in [0.2, 0.25) is 21.8 Å². The number of anilines is 1. The maximum absolute atomic E-state index is 13.9. The molecule has 1 N–H and O–H groups in total. The summed E-state index contributed by atoms with van der Waals surface area (Å²) in [5.41, 5.74) is 1.16. The van der Waals surface area contributed by atoms with E-state index in [4.69, 9.17) is 0 Å². The first-order valence-electron chi connectivity index (χ1n) is 12.4. The maximum Gasteiger partial charge on any atom is 0.247 e. The Balaban J connectivity index is 1.73. The molecule has 2 aliphatic rings. The Hall–Kier alpha value is -2.71. The van der Waals surface area contributed by atoms with E-state index in [9.17, 15) is 18.0 Å². The Labute approximate surface area is 208 Å². The van der Waals surface area contributed by atoms with Crippen LogP contribution in [-0.4, -0.2) is 49.2 Å². The molecule has 2 amide bonds. The molecule has 1 aliphatic carbocycles. The number of carbonyl (C=O) groups excluding carboxylic acids is 2. The van der Waals surface area contributed by atoms with E-state index in [1.807, 2.05) is 32.0 Å². The van der Waals surface area contributed by atoms with Gasteiger partial charge in [0.05, 0.1) is 11.4 Å². The van der Waals surface area contributed by atoms with E-state index in [1.54, 1.807) is 25.1 Å². The molecule has 35 heavy (non-hydrogen) atoms. The zero-order chi connectivity index (χ0) is 25.2. The summed E-state index contributed by atoms with van der Waals surface area (Å²) in [6, 6.07) is 13.9. The van der Waals surface area contributed by atoms with Crippen molar-refractivity contribution in [1.29, 1.82) is 0 Å². The van der Waals surface area contributed by atoms with Gasteiger partial charge in [0.15, 0.2) is 0 Å². The number of amides is 2. The molecule has 1 saturated carbocycles. The van der Waals surface area contributed by atoms with E-state index < -0.39 is 21.5 Å². The van der Waals surface area contributed by atoms with Crippen LogP contribution in [0.1, 0.15) is 56.6 Å². The predicted molar refractivity (Wildman–Crippen MR) is 137 cm³/mol. The number of hydrogen-bond donors (Lipinski definition) is 1. The number of benzene rings is 2. The molecule has 1 atom stereocenters. The second-order valence-electron chi connectivity index (χ2n) is 10.1. The number of hydrogen-bond acceptors (Lipinski definition) is 4. The van der Waals surface area contributed by atoms with E-state index in [2.05, 4.69) is 5.32 Å². The quantitative estimate of drug-likeness (QED) is 0.634.